The Morgan fingerprint density at radius 3 is 2.25 bits per heavy atom. The Kier molecular flexibility index (Phi) is 5.35. The number of hydrogen-bond donors (Lipinski definition) is 4. The highest BCUT2D eigenvalue weighted by Gasteiger charge is 2.29. The summed E-state index contributed by atoms with van der Waals surface area (Å²) in [7, 11) is 0. The Morgan fingerprint density at radius 1 is 0.964 bits per heavy atom. The van der Waals surface area contributed by atoms with Crippen LogP contribution in [0.15, 0.2) is 48.5 Å². The van der Waals surface area contributed by atoms with E-state index < -0.39 is 11.4 Å². The first-order chi connectivity index (χ1) is 13.3. The molecule has 0 aliphatic heterocycles. The Labute approximate surface area is 163 Å². The van der Waals surface area contributed by atoms with E-state index in [1.165, 1.54) is 0 Å². The molecule has 0 spiro atoms. The lowest BCUT2D eigenvalue weighted by Gasteiger charge is -2.19. The smallest absolute Gasteiger partial charge is 0.319 e. The molecular formula is C21H23N3O4. The molecule has 4 N–H and O–H groups in total. The third-order valence-corrected chi connectivity index (χ3v) is 4.69. The number of urea groups is 1. The number of carboxylic acid groups (broad SMARTS) is 1. The van der Waals surface area contributed by atoms with E-state index in [0.29, 0.717) is 22.5 Å². The molecule has 0 heterocycles. The molecular weight excluding hydrogens is 358 g/mol. The van der Waals surface area contributed by atoms with Crippen molar-refractivity contribution < 1.29 is 19.5 Å². The molecule has 28 heavy (non-hydrogen) atoms. The normalized spacial score (nSPS) is 13.5. The van der Waals surface area contributed by atoms with Gasteiger partial charge in [-0.1, -0.05) is 18.2 Å². The van der Waals surface area contributed by atoms with Crippen LogP contribution in [0.25, 0.3) is 0 Å². The van der Waals surface area contributed by atoms with Crippen molar-refractivity contribution in [3.8, 4) is 0 Å². The molecule has 0 unspecified atom stereocenters. The van der Waals surface area contributed by atoms with Gasteiger partial charge in [-0.3, -0.25) is 9.59 Å². The highest BCUT2D eigenvalue weighted by molar-refractivity contribution is 6.05. The zero-order valence-electron chi connectivity index (χ0n) is 15.8. The van der Waals surface area contributed by atoms with E-state index in [-0.39, 0.29) is 18.0 Å². The molecule has 0 aromatic heterocycles. The van der Waals surface area contributed by atoms with Crippen LogP contribution in [0.4, 0.5) is 16.2 Å². The fraction of sp³-hybridized carbons (Fsp3) is 0.286. The van der Waals surface area contributed by atoms with Crippen molar-refractivity contribution in [3.63, 3.8) is 0 Å². The summed E-state index contributed by atoms with van der Waals surface area (Å²) in [6.45, 7) is 3.25. The van der Waals surface area contributed by atoms with Gasteiger partial charge in [0.2, 0.25) is 0 Å². The molecule has 1 saturated carbocycles. The second-order valence-corrected chi connectivity index (χ2v) is 7.42. The third-order valence-electron chi connectivity index (χ3n) is 4.69. The van der Waals surface area contributed by atoms with Crippen LogP contribution < -0.4 is 16.0 Å². The maximum absolute atomic E-state index is 12.5. The lowest BCUT2D eigenvalue weighted by Crippen LogP contribution is -2.30. The van der Waals surface area contributed by atoms with Gasteiger partial charge in [0.05, 0.1) is 5.41 Å². The van der Waals surface area contributed by atoms with E-state index >= 15 is 0 Å². The molecule has 146 valence electrons. The lowest BCUT2D eigenvalue weighted by atomic mass is 9.85. The monoisotopic (exact) mass is 381 g/mol. The largest absolute Gasteiger partial charge is 0.481 e. The SMILES string of the molecule is CC(C)(C(=O)O)c1ccc(NC(=O)c2cccc(NC(=O)NC3CC3)c2)cc1. The van der Waals surface area contributed by atoms with Gasteiger partial charge in [-0.25, -0.2) is 4.79 Å². The van der Waals surface area contributed by atoms with Gasteiger partial charge in [0, 0.05) is 23.0 Å². The number of hydrogen-bond acceptors (Lipinski definition) is 3. The minimum absolute atomic E-state index is 0.251. The van der Waals surface area contributed by atoms with Gasteiger partial charge in [-0.05, 0) is 62.6 Å². The molecule has 0 atom stereocenters. The summed E-state index contributed by atoms with van der Waals surface area (Å²) in [5.74, 6) is -1.24. The quantitative estimate of drug-likeness (QED) is 0.613. The van der Waals surface area contributed by atoms with Crippen molar-refractivity contribution in [2.45, 2.75) is 38.1 Å². The highest BCUT2D eigenvalue weighted by Crippen LogP contribution is 2.25. The van der Waals surface area contributed by atoms with Crippen LogP contribution in [0.1, 0.15) is 42.6 Å². The van der Waals surface area contributed by atoms with E-state index in [0.717, 1.165) is 12.8 Å². The molecule has 1 fully saturated rings. The molecule has 7 heteroatoms. The van der Waals surface area contributed by atoms with Crippen LogP contribution in [-0.2, 0) is 10.2 Å². The molecule has 0 bridgehead atoms. The molecule has 2 aromatic carbocycles. The van der Waals surface area contributed by atoms with Crippen LogP contribution >= 0.6 is 0 Å². The maximum atomic E-state index is 12.5. The van der Waals surface area contributed by atoms with Gasteiger partial charge in [0.25, 0.3) is 5.91 Å². The lowest BCUT2D eigenvalue weighted by molar-refractivity contribution is -0.142. The Balaban J connectivity index is 1.65. The van der Waals surface area contributed by atoms with Crippen molar-refractivity contribution in [1.82, 2.24) is 5.32 Å². The molecule has 1 aliphatic rings. The second kappa shape index (κ2) is 7.72. The van der Waals surface area contributed by atoms with Crippen molar-refractivity contribution in [2.24, 2.45) is 0 Å². The van der Waals surface area contributed by atoms with Crippen LogP contribution in [0.3, 0.4) is 0 Å². The molecule has 1 aliphatic carbocycles. The number of carboxylic acids is 1. The second-order valence-electron chi connectivity index (χ2n) is 7.42. The number of rotatable bonds is 6. The van der Waals surface area contributed by atoms with E-state index in [1.54, 1.807) is 62.4 Å². The van der Waals surface area contributed by atoms with E-state index in [2.05, 4.69) is 16.0 Å². The Bertz CT molecular complexity index is 902. The summed E-state index contributed by atoms with van der Waals surface area (Å²) < 4.78 is 0. The standard InChI is InChI=1S/C21H23N3O4/c1-21(2,19(26)27)14-6-8-15(9-7-14)22-18(25)13-4-3-5-17(12-13)24-20(28)23-16-10-11-16/h3-9,12,16H,10-11H2,1-2H3,(H,22,25)(H,26,27)(H2,23,24,28). The summed E-state index contributed by atoms with van der Waals surface area (Å²) in [4.78, 5) is 35.7. The van der Waals surface area contributed by atoms with Gasteiger partial charge in [-0.2, -0.15) is 0 Å². The van der Waals surface area contributed by atoms with Gasteiger partial charge < -0.3 is 21.1 Å². The predicted octanol–water partition coefficient (Wildman–Crippen LogP) is 3.59. The Morgan fingerprint density at radius 2 is 1.64 bits per heavy atom. The van der Waals surface area contributed by atoms with Gasteiger partial charge in [-0.15, -0.1) is 0 Å². The summed E-state index contributed by atoms with van der Waals surface area (Å²) in [5.41, 5.74) is 1.12. The minimum atomic E-state index is -1.01. The predicted molar refractivity (Wildman–Crippen MR) is 107 cm³/mol. The van der Waals surface area contributed by atoms with Gasteiger partial charge >= 0.3 is 12.0 Å². The summed E-state index contributed by atoms with van der Waals surface area (Å²) >= 11 is 0. The first kappa shape index (κ1) is 19.4. The van der Waals surface area contributed by atoms with Crippen LogP contribution in [0.2, 0.25) is 0 Å². The molecule has 0 radical (unpaired) electrons. The molecule has 2 aromatic rings. The average molecular weight is 381 g/mol. The summed E-state index contributed by atoms with van der Waals surface area (Å²) in [5, 5.41) is 17.6. The summed E-state index contributed by atoms with van der Waals surface area (Å²) in [6, 6.07) is 13.3. The maximum Gasteiger partial charge on any atom is 0.319 e. The number of aliphatic carboxylic acids is 1. The number of anilines is 2. The molecule has 7 nitrogen and oxygen atoms in total. The van der Waals surface area contributed by atoms with Crippen molar-refractivity contribution in [1.29, 1.82) is 0 Å². The number of carbonyl (C=O) groups is 3. The molecule has 3 amide bonds. The van der Waals surface area contributed by atoms with Gasteiger partial charge in [0.15, 0.2) is 0 Å². The van der Waals surface area contributed by atoms with E-state index in [9.17, 15) is 19.5 Å². The van der Waals surface area contributed by atoms with E-state index in [4.69, 9.17) is 0 Å². The zero-order valence-corrected chi connectivity index (χ0v) is 15.8. The van der Waals surface area contributed by atoms with Crippen molar-refractivity contribution in [2.75, 3.05) is 10.6 Å². The number of amides is 3. The number of nitrogens with one attached hydrogen (secondary N) is 3. The molecule has 0 saturated heterocycles. The Hall–Kier alpha value is -3.35. The number of carbonyl (C=O) groups excluding carboxylic acids is 2. The zero-order chi connectivity index (χ0) is 20.3. The molecule has 3 rings (SSSR count). The van der Waals surface area contributed by atoms with E-state index in [1.807, 2.05) is 0 Å². The first-order valence-corrected chi connectivity index (χ1v) is 9.08. The average Bonchev–Trinajstić information content (AvgIpc) is 3.46. The third kappa shape index (κ3) is 4.68. The highest BCUT2D eigenvalue weighted by atomic mass is 16.4. The fourth-order valence-corrected chi connectivity index (χ4v) is 2.62. The van der Waals surface area contributed by atoms with Crippen LogP contribution in [0, 0.1) is 0 Å². The van der Waals surface area contributed by atoms with Gasteiger partial charge in [0.1, 0.15) is 0 Å². The van der Waals surface area contributed by atoms with Crippen LogP contribution in [-0.4, -0.2) is 29.1 Å². The topological polar surface area (TPSA) is 108 Å². The number of benzene rings is 2. The van der Waals surface area contributed by atoms with Crippen molar-refractivity contribution >= 4 is 29.3 Å². The van der Waals surface area contributed by atoms with Crippen LogP contribution in [0.5, 0.6) is 0 Å². The fourth-order valence-electron chi connectivity index (χ4n) is 2.62. The summed E-state index contributed by atoms with van der Waals surface area (Å²) in [6.07, 6.45) is 2.00. The minimum Gasteiger partial charge on any atom is -0.481 e. The first-order valence-electron chi connectivity index (χ1n) is 9.08. The van der Waals surface area contributed by atoms with Crippen molar-refractivity contribution in [3.05, 3.63) is 59.7 Å².